The average molecular weight is 250 g/mol. The first-order valence-corrected chi connectivity index (χ1v) is 6.62. The van der Waals surface area contributed by atoms with Gasteiger partial charge in [-0.3, -0.25) is 4.98 Å². The molecule has 0 saturated heterocycles. The largest absolute Gasteiger partial charge is 0.491 e. The summed E-state index contributed by atoms with van der Waals surface area (Å²) in [5.74, 6) is 0.976. The fraction of sp³-hybridized carbons (Fsp3) is 0.643. The number of aliphatic hydroxyl groups is 1. The molecule has 0 bridgehead atoms. The SMILES string of the molecule is Cc1ccc(OCC(C)CO)c(CNC2CC2)n1. The fourth-order valence-electron chi connectivity index (χ4n) is 1.67. The molecule has 2 rings (SSSR count). The molecule has 0 radical (unpaired) electrons. The van der Waals surface area contributed by atoms with Gasteiger partial charge in [-0.15, -0.1) is 0 Å². The smallest absolute Gasteiger partial charge is 0.142 e. The fourth-order valence-corrected chi connectivity index (χ4v) is 1.67. The van der Waals surface area contributed by atoms with E-state index in [-0.39, 0.29) is 12.5 Å². The molecule has 1 saturated carbocycles. The quantitative estimate of drug-likeness (QED) is 0.772. The van der Waals surface area contributed by atoms with Crippen molar-refractivity contribution in [2.45, 2.75) is 39.3 Å². The topological polar surface area (TPSA) is 54.4 Å². The molecule has 0 amide bonds. The van der Waals surface area contributed by atoms with Crippen molar-refractivity contribution < 1.29 is 9.84 Å². The van der Waals surface area contributed by atoms with E-state index in [0.717, 1.165) is 23.7 Å². The third-order valence-electron chi connectivity index (χ3n) is 3.04. The van der Waals surface area contributed by atoms with Crippen LogP contribution in [0.2, 0.25) is 0 Å². The van der Waals surface area contributed by atoms with Crippen molar-refractivity contribution in [3.63, 3.8) is 0 Å². The molecule has 1 unspecified atom stereocenters. The Labute approximate surface area is 108 Å². The zero-order valence-electron chi connectivity index (χ0n) is 11.1. The highest BCUT2D eigenvalue weighted by atomic mass is 16.5. The Morgan fingerprint density at radius 3 is 2.94 bits per heavy atom. The van der Waals surface area contributed by atoms with E-state index in [1.807, 2.05) is 26.0 Å². The van der Waals surface area contributed by atoms with E-state index in [1.54, 1.807) is 0 Å². The molecule has 1 aromatic rings. The van der Waals surface area contributed by atoms with Gasteiger partial charge in [0.15, 0.2) is 0 Å². The van der Waals surface area contributed by atoms with Crippen LogP contribution in [0.25, 0.3) is 0 Å². The van der Waals surface area contributed by atoms with Crippen molar-refractivity contribution in [3.8, 4) is 5.75 Å². The van der Waals surface area contributed by atoms with Crippen LogP contribution in [0.3, 0.4) is 0 Å². The number of hydrogen-bond donors (Lipinski definition) is 2. The molecule has 1 atom stereocenters. The Kier molecular flexibility index (Phi) is 4.55. The molecular weight excluding hydrogens is 228 g/mol. The lowest BCUT2D eigenvalue weighted by Gasteiger charge is -2.14. The van der Waals surface area contributed by atoms with Gasteiger partial charge in [0.1, 0.15) is 5.75 Å². The summed E-state index contributed by atoms with van der Waals surface area (Å²) < 4.78 is 5.74. The van der Waals surface area contributed by atoms with E-state index in [4.69, 9.17) is 9.84 Å². The summed E-state index contributed by atoms with van der Waals surface area (Å²) in [5, 5.41) is 12.5. The van der Waals surface area contributed by atoms with Crippen molar-refractivity contribution >= 4 is 0 Å². The molecule has 1 aliphatic rings. The molecule has 1 fully saturated rings. The van der Waals surface area contributed by atoms with E-state index in [0.29, 0.717) is 12.6 Å². The van der Waals surface area contributed by atoms with E-state index < -0.39 is 0 Å². The number of aliphatic hydroxyl groups excluding tert-OH is 1. The molecule has 0 aromatic carbocycles. The van der Waals surface area contributed by atoms with E-state index in [1.165, 1.54) is 12.8 Å². The van der Waals surface area contributed by atoms with Crippen molar-refractivity contribution in [2.24, 2.45) is 5.92 Å². The lowest BCUT2D eigenvalue weighted by molar-refractivity contribution is 0.173. The molecule has 2 N–H and O–H groups in total. The predicted octanol–water partition coefficient (Wildman–Crippen LogP) is 1.65. The first-order valence-electron chi connectivity index (χ1n) is 6.62. The lowest BCUT2D eigenvalue weighted by Crippen LogP contribution is -2.19. The number of aromatic nitrogens is 1. The van der Waals surface area contributed by atoms with Crippen LogP contribution >= 0.6 is 0 Å². The van der Waals surface area contributed by atoms with E-state index >= 15 is 0 Å². The number of hydrogen-bond acceptors (Lipinski definition) is 4. The van der Waals surface area contributed by atoms with Crippen molar-refractivity contribution in [1.29, 1.82) is 0 Å². The monoisotopic (exact) mass is 250 g/mol. The van der Waals surface area contributed by atoms with Crippen LogP contribution in [-0.4, -0.2) is 29.3 Å². The first-order chi connectivity index (χ1) is 8.69. The van der Waals surface area contributed by atoms with Gasteiger partial charge in [0.05, 0.1) is 12.3 Å². The van der Waals surface area contributed by atoms with Gasteiger partial charge in [0.25, 0.3) is 0 Å². The number of rotatable bonds is 7. The molecule has 18 heavy (non-hydrogen) atoms. The maximum Gasteiger partial charge on any atom is 0.142 e. The number of aryl methyl sites for hydroxylation is 1. The number of pyridine rings is 1. The minimum absolute atomic E-state index is 0.148. The standard InChI is InChI=1S/C14H22N2O2/c1-10(8-17)9-18-14-6-3-11(2)16-13(14)7-15-12-4-5-12/h3,6,10,12,15,17H,4-5,7-9H2,1-2H3. The zero-order chi connectivity index (χ0) is 13.0. The van der Waals surface area contributed by atoms with Crippen molar-refractivity contribution in [3.05, 3.63) is 23.5 Å². The number of nitrogens with one attached hydrogen (secondary N) is 1. The maximum absolute atomic E-state index is 9.00. The predicted molar refractivity (Wildman–Crippen MR) is 70.6 cm³/mol. The highest BCUT2D eigenvalue weighted by Gasteiger charge is 2.21. The number of nitrogens with zero attached hydrogens (tertiary/aromatic N) is 1. The Hall–Kier alpha value is -1.13. The van der Waals surface area contributed by atoms with Gasteiger partial charge in [-0.05, 0) is 31.9 Å². The summed E-state index contributed by atoms with van der Waals surface area (Å²) in [6.07, 6.45) is 2.53. The van der Waals surface area contributed by atoms with Gasteiger partial charge < -0.3 is 15.2 Å². The highest BCUT2D eigenvalue weighted by molar-refractivity contribution is 5.29. The summed E-state index contributed by atoms with van der Waals surface area (Å²) >= 11 is 0. The summed E-state index contributed by atoms with van der Waals surface area (Å²) in [4.78, 5) is 4.53. The molecule has 100 valence electrons. The Bertz CT molecular complexity index is 391. The van der Waals surface area contributed by atoms with Crippen LogP contribution in [0.1, 0.15) is 31.2 Å². The first kappa shape index (κ1) is 13.3. The van der Waals surface area contributed by atoms with Crippen molar-refractivity contribution in [1.82, 2.24) is 10.3 Å². The second kappa shape index (κ2) is 6.16. The van der Waals surface area contributed by atoms with Gasteiger partial charge in [-0.1, -0.05) is 6.92 Å². The molecule has 0 spiro atoms. The maximum atomic E-state index is 9.00. The summed E-state index contributed by atoms with van der Waals surface area (Å²) in [7, 11) is 0. The second-order valence-corrected chi connectivity index (χ2v) is 5.15. The number of ether oxygens (including phenoxy) is 1. The van der Waals surface area contributed by atoms with Gasteiger partial charge in [-0.25, -0.2) is 0 Å². The summed E-state index contributed by atoms with van der Waals surface area (Å²) in [6, 6.07) is 4.59. The van der Waals surface area contributed by atoms with E-state index in [2.05, 4.69) is 10.3 Å². The van der Waals surface area contributed by atoms with E-state index in [9.17, 15) is 0 Å². The van der Waals surface area contributed by atoms with Crippen LogP contribution in [0.15, 0.2) is 12.1 Å². The van der Waals surface area contributed by atoms with Crippen LogP contribution in [0, 0.1) is 12.8 Å². The van der Waals surface area contributed by atoms with Gasteiger partial charge in [0.2, 0.25) is 0 Å². The van der Waals surface area contributed by atoms with Crippen molar-refractivity contribution in [2.75, 3.05) is 13.2 Å². The Morgan fingerprint density at radius 2 is 2.28 bits per heavy atom. The minimum atomic E-state index is 0.148. The molecule has 1 aliphatic carbocycles. The van der Waals surface area contributed by atoms with Crippen LogP contribution in [-0.2, 0) is 6.54 Å². The molecule has 4 heteroatoms. The molecule has 4 nitrogen and oxygen atoms in total. The molecule has 1 aromatic heterocycles. The third-order valence-corrected chi connectivity index (χ3v) is 3.04. The Balaban J connectivity index is 1.97. The normalized spacial score (nSPS) is 16.6. The summed E-state index contributed by atoms with van der Waals surface area (Å²) in [5.41, 5.74) is 1.97. The van der Waals surface area contributed by atoms with Gasteiger partial charge in [0, 0.05) is 30.8 Å². The zero-order valence-corrected chi connectivity index (χ0v) is 11.1. The van der Waals surface area contributed by atoms with Crippen LogP contribution < -0.4 is 10.1 Å². The summed E-state index contributed by atoms with van der Waals surface area (Å²) in [6.45, 7) is 5.38. The van der Waals surface area contributed by atoms with Gasteiger partial charge in [-0.2, -0.15) is 0 Å². The molecule has 0 aliphatic heterocycles. The molecular formula is C14H22N2O2. The van der Waals surface area contributed by atoms with Gasteiger partial charge >= 0.3 is 0 Å². The highest BCUT2D eigenvalue weighted by Crippen LogP contribution is 2.22. The van der Waals surface area contributed by atoms with Crippen LogP contribution in [0.4, 0.5) is 0 Å². The average Bonchev–Trinajstić information content (AvgIpc) is 3.18. The lowest BCUT2D eigenvalue weighted by atomic mass is 10.2. The third kappa shape index (κ3) is 3.96. The minimum Gasteiger partial charge on any atom is -0.491 e. The molecule has 1 heterocycles. The Morgan fingerprint density at radius 1 is 1.50 bits per heavy atom. The van der Waals surface area contributed by atoms with Crippen LogP contribution in [0.5, 0.6) is 5.75 Å². The second-order valence-electron chi connectivity index (χ2n) is 5.15.